The molecule has 0 bridgehead atoms. The van der Waals surface area contributed by atoms with E-state index in [1.165, 1.54) is 0 Å². The van der Waals surface area contributed by atoms with E-state index in [-0.39, 0.29) is 10.6 Å². The van der Waals surface area contributed by atoms with Gasteiger partial charge < -0.3 is 5.11 Å². The first kappa shape index (κ1) is 11.8. The molecule has 0 saturated carbocycles. The van der Waals surface area contributed by atoms with Gasteiger partial charge in [0.25, 0.3) is 0 Å². The SMILES string of the molecule is O=C(O)C(F)(F)Cc1cc(F)ccc1Cl. The van der Waals surface area contributed by atoms with E-state index in [0.717, 1.165) is 18.2 Å². The molecule has 0 aliphatic heterocycles. The minimum atomic E-state index is -3.95. The lowest BCUT2D eigenvalue weighted by molar-refractivity contribution is -0.164. The summed E-state index contributed by atoms with van der Waals surface area (Å²) in [6.45, 7) is 0. The lowest BCUT2D eigenvalue weighted by Crippen LogP contribution is -2.30. The minimum absolute atomic E-state index is 0.0858. The highest BCUT2D eigenvalue weighted by atomic mass is 35.5. The molecule has 0 heterocycles. The van der Waals surface area contributed by atoms with Crippen molar-refractivity contribution in [3.05, 3.63) is 34.6 Å². The molecule has 0 radical (unpaired) electrons. The standard InChI is InChI=1S/C9H6ClF3O2/c10-7-2-1-6(11)3-5(7)4-9(12,13)8(14)15/h1-3H,4H2,(H,14,15). The summed E-state index contributed by atoms with van der Waals surface area (Å²) in [7, 11) is 0. The predicted octanol–water partition coefficient (Wildman–Crippen LogP) is 2.74. The zero-order valence-electron chi connectivity index (χ0n) is 7.31. The van der Waals surface area contributed by atoms with Crippen molar-refractivity contribution in [2.24, 2.45) is 0 Å². The lowest BCUT2D eigenvalue weighted by Gasteiger charge is -2.11. The Morgan fingerprint density at radius 1 is 1.47 bits per heavy atom. The monoisotopic (exact) mass is 238 g/mol. The molecule has 0 unspecified atom stereocenters. The first-order chi connectivity index (χ1) is 6.83. The molecule has 0 spiro atoms. The second kappa shape index (κ2) is 4.10. The molecule has 1 N–H and O–H groups in total. The van der Waals surface area contributed by atoms with Crippen LogP contribution < -0.4 is 0 Å². The Balaban J connectivity index is 2.99. The first-order valence-corrected chi connectivity index (χ1v) is 4.26. The van der Waals surface area contributed by atoms with Crippen LogP contribution in [0, 0.1) is 5.82 Å². The number of alkyl halides is 2. The van der Waals surface area contributed by atoms with E-state index in [4.69, 9.17) is 16.7 Å². The largest absolute Gasteiger partial charge is 0.477 e. The first-order valence-electron chi connectivity index (χ1n) is 3.88. The van der Waals surface area contributed by atoms with Crippen LogP contribution in [0.1, 0.15) is 5.56 Å². The molecule has 2 nitrogen and oxygen atoms in total. The third-order valence-corrected chi connectivity index (χ3v) is 2.10. The van der Waals surface area contributed by atoms with Crippen molar-refractivity contribution in [1.82, 2.24) is 0 Å². The molecule has 15 heavy (non-hydrogen) atoms. The van der Waals surface area contributed by atoms with Crippen LogP contribution in [-0.2, 0) is 11.2 Å². The summed E-state index contributed by atoms with van der Waals surface area (Å²) in [5, 5.41) is 8.09. The summed E-state index contributed by atoms with van der Waals surface area (Å²) in [6, 6.07) is 2.90. The molecule has 6 heteroatoms. The fraction of sp³-hybridized carbons (Fsp3) is 0.222. The molecular formula is C9H6ClF3O2. The quantitative estimate of drug-likeness (QED) is 0.879. The van der Waals surface area contributed by atoms with Gasteiger partial charge >= 0.3 is 11.9 Å². The third kappa shape index (κ3) is 2.86. The number of carbonyl (C=O) groups is 1. The molecule has 0 aromatic heterocycles. The van der Waals surface area contributed by atoms with Crippen molar-refractivity contribution in [2.45, 2.75) is 12.3 Å². The molecule has 1 aromatic carbocycles. The second-order valence-corrected chi connectivity index (χ2v) is 3.33. The van der Waals surface area contributed by atoms with Crippen LogP contribution in [0.2, 0.25) is 5.02 Å². The maximum atomic E-state index is 12.8. The number of benzene rings is 1. The van der Waals surface area contributed by atoms with Crippen LogP contribution >= 0.6 is 11.6 Å². The highest BCUT2D eigenvalue weighted by Gasteiger charge is 2.39. The number of halogens is 4. The fourth-order valence-corrected chi connectivity index (χ4v) is 1.18. The lowest BCUT2D eigenvalue weighted by atomic mass is 10.1. The van der Waals surface area contributed by atoms with Gasteiger partial charge in [0.15, 0.2) is 0 Å². The number of aliphatic carboxylic acids is 1. The molecular weight excluding hydrogens is 233 g/mol. The number of hydrogen-bond acceptors (Lipinski definition) is 1. The molecule has 1 rings (SSSR count). The average molecular weight is 239 g/mol. The molecule has 0 atom stereocenters. The molecule has 82 valence electrons. The van der Waals surface area contributed by atoms with Gasteiger partial charge in [0, 0.05) is 11.4 Å². The topological polar surface area (TPSA) is 37.3 Å². The zero-order valence-corrected chi connectivity index (χ0v) is 8.06. The smallest absolute Gasteiger partial charge is 0.374 e. The summed E-state index contributed by atoms with van der Waals surface area (Å²) in [5.74, 6) is -6.95. The van der Waals surface area contributed by atoms with Gasteiger partial charge in [-0.2, -0.15) is 8.78 Å². The van der Waals surface area contributed by atoms with Gasteiger partial charge in [-0.3, -0.25) is 0 Å². The van der Waals surface area contributed by atoms with Gasteiger partial charge in [0.2, 0.25) is 0 Å². The maximum Gasteiger partial charge on any atom is 0.374 e. The van der Waals surface area contributed by atoms with E-state index in [9.17, 15) is 18.0 Å². The Kier molecular flexibility index (Phi) is 3.24. The summed E-state index contributed by atoms with van der Waals surface area (Å²) >= 11 is 5.51. The van der Waals surface area contributed by atoms with Crippen molar-refractivity contribution in [3.8, 4) is 0 Å². The van der Waals surface area contributed by atoms with Crippen LogP contribution in [0.15, 0.2) is 18.2 Å². The Labute approximate surface area is 88.3 Å². The van der Waals surface area contributed by atoms with Crippen LogP contribution in [0.25, 0.3) is 0 Å². The summed E-state index contributed by atoms with van der Waals surface area (Å²) in [4.78, 5) is 10.1. The summed E-state index contributed by atoms with van der Waals surface area (Å²) < 4.78 is 38.2. The van der Waals surface area contributed by atoms with E-state index in [1.807, 2.05) is 0 Å². The van der Waals surface area contributed by atoms with E-state index in [2.05, 4.69) is 0 Å². The van der Waals surface area contributed by atoms with Crippen molar-refractivity contribution >= 4 is 17.6 Å². The van der Waals surface area contributed by atoms with E-state index < -0.39 is 24.1 Å². The van der Waals surface area contributed by atoms with Gasteiger partial charge in [-0.25, -0.2) is 9.18 Å². The van der Waals surface area contributed by atoms with Gasteiger partial charge in [-0.05, 0) is 23.8 Å². The van der Waals surface area contributed by atoms with E-state index >= 15 is 0 Å². The predicted molar refractivity (Wildman–Crippen MR) is 47.7 cm³/mol. The Morgan fingerprint density at radius 3 is 2.60 bits per heavy atom. The van der Waals surface area contributed by atoms with Gasteiger partial charge in [-0.1, -0.05) is 11.6 Å². The molecule has 0 saturated heterocycles. The van der Waals surface area contributed by atoms with E-state index in [1.54, 1.807) is 0 Å². The highest BCUT2D eigenvalue weighted by molar-refractivity contribution is 6.31. The molecule has 0 amide bonds. The maximum absolute atomic E-state index is 12.8. The van der Waals surface area contributed by atoms with Crippen LogP contribution in [-0.4, -0.2) is 17.0 Å². The second-order valence-electron chi connectivity index (χ2n) is 2.92. The number of hydrogen-bond donors (Lipinski definition) is 1. The number of carboxylic acids is 1. The van der Waals surface area contributed by atoms with Gasteiger partial charge in [0.1, 0.15) is 5.82 Å². The van der Waals surface area contributed by atoms with Gasteiger partial charge in [-0.15, -0.1) is 0 Å². The van der Waals surface area contributed by atoms with Crippen LogP contribution in [0.5, 0.6) is 0 Å². The Bertz CT molecular complexity index is 393. The van der Waals surface area contributed by atoms with Crippen LogP contribution in [0.4, 0.5) is 13.2 Å². The van der Waals surface area contributed by atoms with Crippen molar-refractivity contribution in [2.75, 3.05) is 0 Å². The molecule has 0 fully saturated rings. The van der Waals surface area contributed by atoms with E-state index in [0.29, 0.717) is 0 Å². The Hall–Kier alpha value is -1.23. The van der Waals surface area contributed by atoms with Crippen molar-refractivity contribution in [3.63, 3.8) is 0 Å². The molecule has 1 aromatic rings. The average Bonchev–Trinajstić information content (AvgIpc) is 2.10. The summed E-state index contributed by atoms with van der Waals surface area (Å²) in [6.07, 6.45) is -1.13. The third-order valence-electron chi connectivity index (χ3n) is 1.73. The number of rotatable bonds is 3. The normalized spacial score (nSPS) is 11.5. The van der Waals surface area contributed by atoms with Crippen molar-refractivity contribution in [1.29, 1.82) is 0 Å². The Morgan fingerprint density at radius 2 is 2.07 bits per heavy atom. The van der Waals surface area contributed by atoms with Crippen molar-refractivity contribution < 1.29 is 23.1 Å². The summed E-state index contributed by atoms with van der Waals surface area (Å²) in [5.41, 5.74) is -0.232. The van der Waals surface area contributed by atoms with Gasteiger partial charge in [0.05, 0.1) is 0 Å². The molecule has 0 aliphatic carbocycles. The van der Waals surface area contributed by atoms with Crippen LogP contribution in [0.3, 0.4) is 0 Å². The highest BCUT2D eigenvalue weighted by Crippen LogP contribution is 2.25. The fourth-order valence-electron chi connectivity index (χ4n) is 0.994. The zero-order chi connectivity index (χ0) is 11.6. The molecule has 0 aliphatic rings. The number of carboxylic acid groups (broad SMARTS) is 1. The minimum Gasteiger partial charge on any atom is -0.477 e.